The van der Waals surface area contributed by atoms with Gasteiger partial charge in [0.25, 0.3) is 5.91 Å². The number of amides is 1. The molecular formula is C24H26FN5O3S. The van der Waals surface area contributed by atoms with Gasteiger partial charge < -0.3 is 5.73 Å². The van der Waals surface area contributed by atoms with Gasteiger partial charge in [-0.05, 0) is 57.0 Å². The van der Waals surface area contributed by atoms with Crippen LogP contribution in [0.5, 0.6) is 0 Å². The Hall–Kier alpha value is -3.37. The molecule has 0 saturated carbocycles. The first-order chi connectivity index (χ1) is 15.9. The van der Waals surface area contributed by atoms with Gasteiger partial charge in [-0.15, -0.1) is 5.10 Å². The summed E-state index contributed by atoms with van der Waals surface area (Å²) in [5.41, 5.74) is 7.63. The molecule has 3 aromatic rings. The molecule has 34 heavy (non-hydrogen) atoms. The summed E-state index contributed by atoms with van der Waals surface area (Å²) in [7, 11) is -3.84. The molecule has 1 fully saturated rings. The van der Waals surface area contributed by atoms with E-state index in [4.69, 9.17) is 5.73 Å². The van der Waals surface area contributed by atoms with Crippen molar-refractivity contribution in [1.29, 1.82) is 0 Å². The molecule has 0 bridgehead atoms. The van der Waals surface area contributed by atoms with Crippen molar-refractivity contribution < 1.29 is 17.6 Å². The number of sulfonamides is 1. The highest BCUT2D eigenvalue weighted by Crippen LogP contribution is 2.30. The van der Waals surface area contributed by atoms with Gasteiger partial charge in [-0.1, -0.05) is 29.3 Å². The van der Waals surface area contributed by atoms with Crippen LogP contribution < -0.4 is 5.73 Å². The SMILES string of the molecule is Cc1cc(C)cc(-c2ncn(/C=C(/C(N)=O)c3ccc(S(=O)(=O)N4CCC(C)(F)C4)cc3)n2)c1. The van der Waals surface area contributed by atoms with E-state index in [0.29, 0.717) is 11.4 Å². The number of carbonyl (C=O) groups excluding carboxylic acids is 1. The average molecular weight is 484 g/mol. The summed E-state index contributed by atoms with van der Waals surface area (Å²) in [4.78, 5) is 16.5. The number of rotatable bonds is 6. The molecular weight excluding hydrogens is 457 g/mol. The molecule has 178 valence electrons. The van der Waals surface area contributed by atoms with E-state index in [-0.39, 0.29) is 30.0 Å². The normalized spacial score (nSPS) is 19.5. The third-order valence-corrected chi connectivity index (χ3v) is 7.57. The molecule has 1 unspecified atom stereocenters. The molecule has 1 aromatic heterocycles. The van der Waals surface area contributed by atoms with Gasteiger partial charge in [0.05, 0.1) is 10.5 Å². The summed E-state index contributed by atoms with van der Waals surface area (Å²) in [6, 6.07) is 11.8. The largest absolute Gasteiger partial charge is 0.366 e. The fourth-order valence-electron chi connectivity index (χ4n) is 4.03. The number of carbonyl (C=O) groups is 1. The van der Waals surface area contributed by atoms with Crippen LogP contribution in [0.15, 0.2) is 53.7 Å². The monoisotopic (exact) mass is 483 g/mol. The van der Waals surface area contributed by atoms with Crippen LogP contribution in [0.3, 0.4) is 0 Å². The van der Waals surface area contributed by atoms with Crippen LogP contribution in [-0.4, -0.2) is 52.2 Å². The van der Waals surface area contributed by atoms with Gasteiger partial charge in [-0.2, -0.15) is 4.31 Å². The van der Waals surface area contributed by atoms with E-state index in [1.165, 1.54) is 48.4 Å². The van der Waals surface area contributed by atoms with E-state index in [9.17, 15) is 17.6 Å². The Kier molecular flexibility index (Phi) is 6.13. The summed E-state index contributed by atoms with van der Waals surface area (Å²) in [5.74, 6) is -0.203. The number of aryl methyl sites for hydroxylation is 2. The molecule has 2 N–H and O–H groups in total. The Morgan fingerprint density at radius 2 is 1.79 bits per heavy atom. The lowest BCUT2D eigenvalue weighted by atomic mass is 10.1. The third-order valence-electron chi connectivity index (χ3n) is 5.71. The summed E-state index contributed by atoms with van der Waals surface area (Å²) in [5, 5.41) is 4.42. The van der Waals surface area contributed by atoms with Crippen molar-refractivity contribution in [3.63, 3.8) is 0 Å². The lowest BCUT2D eigenvalue weighted by Crippen LogP contribution is -2.31. The Balaban J connectivity index is 1.61. The van der Waals surface area contributed by atoms with Gasteiger partial charge >= 0.3 is 0 Å². The maximum Gasteiger partial charge on any atom is 0.250 e. The van der Waals surface area contributed by atoms with Crippen LogP contribution in [-0.2, 0) is 14.8 Å². The molecule has 1 atom stereocenters. The van der Waals surface area contributed by atoms with Gasteiger partial charge in [0.2, 0.25) is 10.0 Å². The molecule has 0 spiro atoms. The van der Waals surface area contributed by atoms with Gasteiger partial charge in [0.1, 0.15) is 12.0 Å². The second-order valence-electron chi connectivity index (χ2n) is 8.86. The van der Waals surface area contributed by atoms with E-state index >= 15 is 0 Å². The van der Waals surface area contributed by atoms with Crippen molar-refractivity contribution in [3.8, 4) is 11.4 Å². The minimum Gasteiger partial charge on any atom is -0.366 e. The van der Waals surface area contributed by atoms with Gasteiger partial charge in [-0.3, -0.25) is 4.79 Å². The van der Waals surface area contributed by atoms with Crippen molar-refractivity contribution >= 4 is 27.7 Å². The van der Waals surface area contributed by atoms with E-state index < -0.39 is 21.6 Å². The summed E-state index contributed by atoms with van der Waals surface area (Å²) < 4.78 is 42.4. The topological polar surface area (TPSA) is 111 Å². The standard InChI is InChI=1S/C24H26FN5O3S/c1-16-10-17(2)12-19(11-16)23-27-15-29(28-23)13-21(22(26)31)18-4-6-20(7-5-18)34(32,33)30-9-8-24(3,25)14-30/h4-7,10-13,15H,8-9,14H2,1-3H3,(H2,26,31)/b21-13+. The number of halogens is 1. The number of aromatic nitrogens is 3. The predicted molar refractivity (Wildman–Crippen MR) is 128 cm³/mol. The van der Waals surface area contributed by atoms with E-state index in [0.717, 1.165) is 21.0 Å². The van der Waals surface area contributed by atoms with Gasteiger partial charge in [0.15, 0.2) is 5.82 Å². The smallest absolute Gasteiger partial charge is 0.250 e. The zero-order chi connectivity index (χ0) is 24.7. The van der Waals surface area contributed by atoms with Crippen molar-refractivity contribution in [2.75, 3.05) is 13.1 Å². The number of alkyl halides is 1. The number of hydrogen-bond donors (Lipinski definition) is 1. The summed E-state index contributed by atoms with van der Waals surface area (Å²) >= 11 is 0. The van der Waals surface area contributed by atoms with Gasteiger partial charge in [-0.25, -0.2) is 22.5 Å². The van der Waals surface area contributed by atoms with Crippen molar-refractivity contribution in [2.45, 2.75) is 37.8 Å². The Labute approximate surface area is 198 Å². The molecule has 0 aliphatic carbocycles. The van der Waals surface area contributed by atoms with Crippen molar-refractivity contribution in [1.82, 2.24) is 19.1 Å². The van der Waals surface area contributed by atoms with E-state index in [1.807, 2.05) is 26.0 Å². The zero-order valence-corrected chi connectivity index (χ0v) is 20.0. The van der Waals surface area contributed by atoms with Crippen molar-refractivity contribution in [2.24, 2.45) is 5.73 Å². The van der Waals surface area contributed by atoms with E-state index in [2.05, 4.69) is 16.1 Å². The van der Waals surface area contributed by atoms with Crippen LogP contribution in [0, 0.1) is 13.8 Å². The highest BCUT2D eigenvalue weighted by molar-refractivity contribution is 7.89. The third kappa shape index (κ3) is 4.92. The molecule has 2 aromatic carbocycles. The lowest BCUT2D eigenvalue weighted by molar-refractivity contribution is -0.112. The molecule has 8 nitrogen and oxygen atoms in total. The first-order valence-electron chi connectivity index (χ1n) is 10.8. The molecule has 0 radical (unpaired) electrons. The first kappa shape index (κ1) is 23.8. The number of primary amides is 1. The van der Waals surface area contributed by atoms with Crippen LogP contribution in [0.4, 0.5) is 4.39 Å². The number of hydrogen-bond acceptors (Lipinski definition) is 5. The number of nitrogens with two attached hydrogens (primary N) is 1. The second-order valence-corrected chi connectivity index (χ2v) is 10.8. The molecule has 1 saturated heterocycles. The second kappa shape index (κ2) is 8.77. The minimum atomic E-state index is -3.84. The molecule has 1 amide bonds. The molecule has 1 aliphatic rings. The maximum atomic E-state index is 14.1. The molecule has 4 rings (SSSR count). The number of nitrogens with zero attached hydrogens (tertiary/aromatic N) is 4. The van der Waals surface area contributed by atoms with Crippen molar-refractivity contribution in [3.05, 3.63) is 65.5 Å². The van der Waals surface area contributed by atoms with Crippen LogP contribution >= 0.6 is 0 Å². The zero-order valence-electron chi connectivity index (χ0n) is 19.2. The Morgan fingerprint density at radius 1 is 1.15 bits per heavy atom. The van der Waals surface area contributed by atoms with Crippen LogP contribution in [0.2, 0.25) is 0 Å². The average Bonchev–Trinajstić information content (AvgIpc) is 3.38. The van der Waals surface area contributed by atoms with Gasteiger partial charge in [0, 0.05) is 24.9 Å². The maximum absolute atomic E-state index is 14.1. The summed E-state index contributed by atoms with van der Waals surface area (Å²) in [6.07, 6.45) is 3.07. The van der Waals surface area contributed by atoms with Crippen LogP contribution in [0.25, 0.3) is 23.2 Å². The highest BCUT2D eigenvalue weighted by Gasteiger charge is 2.40. The molecule has 1 aliphatic heterocycles. The quantitative estimate of drug-likeness (QED) is 0.542. The van der Waals surface area contributed by atoms with E-state index in [1.54, 1.807) is 0 Å². The fourth-order valence-corrected chi connectivity index (χ4v) is 5.58. The summed E-state index contributed by atoms with van der Waals surface area (Å²) in [6.45, 7) is 5.31. The van der Waals surface area contributed by atoms with Crippen LogP contribution in [0.1, 0.15) is 30.0 Å². The highest BCUT2D eigenvalue weighted by atomic mass is 32.2. The predicted octanol–water partition coefficient (Wildman–Crippen LogP) is 3.17. The Morgan fingerprint density at radius 3 is 2.35 bits per heavy atom. The fraction of sp³-hybridized carbons (Fsp3) is 0.292. The lowest BCUT2D eigenvalue weighted by Gasteiger charge is -2.17. The number of benzene rings is 2. The minimum absolute atomic E-state index is 0.0237. The molecule has 2 heterocycles. The Bertz CT molecular complexity index is 1360. The molecule has 10 heteroatoms. The first-order valence-corrected chi connectivity index (χ1v) is 12.2.